The maximum absolute atomic E-state index is 5.76. The van der Waals surface area contributed by atoms with Crippen molar-refractivity contribution in [2.24, 2.45) is 0 Å². The van der Waals surface area contributed by atoms with Crippen LogP contribution in [-0.4, -0.2) is 26.3 Å². The van der Waals surface area contributed by atoms with Crippen molar-refractivity contribution < 1.29 is 9.47 Å². The monoisotopic (exact) mass is 265 g/mol. The topological polar surface area (TPSA) is 30.5 Å². The van der Waals surface area contributed by atoms with Gasteiger partial charge in [-0.05, 0) is 50.4 Å². The summed E-state index contributed by atoms with van der Waals surface area (Å²) >= 11 is 0. The fourth-order valence-corrected chi connectivity index (χ4v) is 1.96. The molecule has 1 atom stereocenters. The fraction of sp³-hybridized carbons (Fsp3) is 0.625. The lowest BCUT2D eigenvalue weighted by Gasteiger charge is -2.13. The highest BCUT2D eigenvalue weighted by atomic mass is 16.5. The summed E-state index contributed by atoms with van der Waals surface area (Å²) in [5.74, 6) is 0.934. The molecule has 0 fully saturated rings. The van der Waals surface area contributed by atoms with Gasteiger partial charge in [-0.3, -0.25) is 0 Å². The Morgan fingerprint density at radius 2 is 2.16 bits per heavy atom. The number of ether oxygens (including phenoxy) is 2. The van der Waals surface area contributed by atoms with E-state index >= 15 is 0 Å². The fourth-order valence-electron chi connectivity index (χ4n) is 1.96. The van der Waals surface area contributed by atoms with E-state index in [9.17, 15) is 0 Å². The van der Waals surface area contributed by atoms with Crippen LogP contribution in [0.3, 0.4) is 0 Å². The summed E-state index contributed by atoms with van der Waals surface area (Å²) < 4.78 is 10.9. The first-order chi connectivity index (χ1) is 9.26. The van der Waals surface area contributed by atoms with Crippen LogP contribution >= 0.6 is 0 Å². The van der Waals surface area contributed by atoms with Gasteiger partial charge >= 0.3 is 0 Å². The van der Waals surface area contributed by atoms with Crippen molar-refractivity contribution in [1.82, 2.24) is 5.32 Å². The van der Waals surface area contributed by atoms with Crippen molar-refractivity contribution in [3.05, 3.63) is 29.8 Å². The van der Waals surface area contributed by atoms with E-state index < -0.39 is 0 Å². The van der Waals surface area contributed by atoms with Crippen molar-refractivity contribution in [2.75, 3.05) is 20.3 Å². The molecule has 1 N–H and O–H groups in total. The van der Waals surface area contributed by atoms with Crippen LogP contribution in [0.5, 0.6) is 5.75 Å². The Hall–Kier alpha value is -1.06. The molecule has 0 saturated carbocycles. The first kappa shape index (κ1) is 16.0. The van der Waals surface area contributed by atoms with E-state index in [4.69, 9.17) is 9.47 Å². The maximum atomic E-state index is 5.76. The Balaban J connectivity index is 2.20. The number of methoxy groups -OCH3 is 1. The number of rotatable bonds is 10. The molecule has 1 aromatic carbocycles. The molecule has 19 heavy (non-hydrogen) atoms. The second-order valence-corrected chi connectivity index (χ2v) is 4.93. The van der Waals surface area contributed by atoms with Gasteiger partial charge in [0.2, 0.25) is 0 Å². The highest BCUT2D eigenvalue weighted by Gasteiger charge is 2.01. The van der Waals surface area contributed by atoms with E-state index in [1.165, 1.54) is 6.42 Å². The van der Waals surface area contributed by atoms with Gasteiger partial charge in [0.25, 0.3) is 0 Å². The Bertz CT molecular complexity index is 341. The molecule has 3 heteroatoms. The van der Waals surface area contributed by atoms with Gasteiger partial charge in [-0.1, -0.05) is 19.1 Å². The van der Waals surface area contributed by atoms with Gasteiger partial charge in [0.05, 0.1) is 13.2 Å². The van der Waals surface area contributed by atoms with E-state index in [1.807, 2.05) is 24.3 Å². The molecule has 0 amide bonds. The first-order valence-electron chi connectivity index (χ1n) is 7.20. The van der Waals surface area contributed by atoms with Crippen LogP contribution in [0.1, 0.15) is 38.7 Å². The Kier molecular flexibility index (Phi) is 8.26. The van der Waals surface area contributed by atoms with Crippen LogP contribution in [0.25, 0.3) is 0 Å². The zero-order valence-electron chi connectivity index (χ0n) is 12.4. The molecule has 0 saturated heterocycles. The molecule has 0 bridgehead atoms. The van der Waals surface area contributed by atoms with Gasteiger partial charge in [0.1, 0.15) is 5.75 Å². The van der Waals surface area contributed by atoms with E-state index in [0.29, 0.717) is 12.6 Å². The normalized spacial score (nSPS) is 12.4. The van der Waals surface area contributed by atoms with E-state index in [0.717, 1.165) is 37.3 Å². The molecular weight excluding hydrogens is 238 g/mol. The SMILES string of the molecule is CCCNC(C)CCCOc1cccc(COC)c1. The van der Waals surface area contributed by atoms with Crippen molar-refractivity contribution in [2.45, 2.75) is 45.8 Å². The van der Waals surface area contributed by atoms with Gasteiger partial charge in [0, 0.05) is 13.2 Å². The zero-order valence-corrected chi connectivity index (χ0v) is 12.4. The number of hydrogen-bond donors (Lipinski definition) is 1. The third-order valence-electron chi connectivity index (χ3n) is 3.00. The Labute approximate surface area is 117 Å². The summed E-state index contributed by atoms with van der Waals surface area (Å²) in [5, 5.41) is 3.48. The molecule has 0 spiro atoms. The third kappa shape index (κ3) is 7.19. The molecule has 1 unspecified atom stereocenters. The maximum Gasteiger partial charge on any atom is 0.119 e. The summed E-state index contributed by atoms with van der Waals surface area (Å²) in [5.41, 5.74) is 1.15. The molecule has 0 radical (unpaired) electrons. The summed E-state index contributed by atoms with van der Waals surface area (Å²) in [6.45, 7) is 6.93. The molecule has 3 nitrogen and oxygen atoms in total. The summed E-state index contributed by atoms with van der Waals surface area (Å²) in [6, 6.07) is 8.67. The Morgan fingerprint density at radius 3 is 2.89 bits per heavy atom. The lowest BCUT2D eigenvalue weighted by atomic mass is 10.2. The van der Waals surface area contributed by atoms with Crippen molar-refractivity contribution in [3.8, 4) is 5.75 Å². The quantitative estimate of drug-likeness (QED) is 0.658. The van der Waals surface area contributed by atoms with E-state index in [2.05, 4.69) is 19.2 Å². The molecule has 0 aliphatic rings. The molecule has 108 valence electrons. The lowest BCUT2D eigenvalue weighted by molar-refractivity contribution is 0.184. The number of benzene rings is 1. The standard InChI is InChI=1S/C16H27NO2/c1-4-10-17-14(2)7-6-11-19-16-9-5-8-15(12-16)13-18-3/h5,8-9,12,14,17H,4,6-7,10-11,13H2,1-3H3. The van der Waals surface area contributed by atoms with Gasteiger partial charge < -0.3 is 14.8 Å². The van der Waals surface area contributed by atoms with E-state index in [1.54, 1.807) is 7.11 Å². The van der Waals surface area contributed by atoms with Gasteiger partial charge in [-0.15, -0.1) is 0 Å². The van der Waals surface area contributed by atoms with Crippen LogP contribution in [0, 0.1) is 0 Å². The predicted octanol–water partition coefficient (Wildman–Crippen LogP) is 3.38. The molecule has 0 aromatic heterocycles. The van der Waals surface area contributed by atoms with Crippen LogP contribution in [0.4, 0.5) is 0 Å². The largest absolute Gasteiger partial charge is 0.494 e. The summed E-state index contributed by atoms with van der Waals surface area (Å²) in [4.78, 5) is 0. The van der Waals surface area contributed by atoms with Crippen molar-refractivity contribution >= 4 is 0 Å². The highest BCUT2D eigenvalue weighted by molar-refractivity contribution is 5.28. The molecule has 0 aliphatic heterocycles. The van der Waals surface area contributed by atoms with Crippen LogP contribution in [0.2, 0.25) is 0 Å². The predicted molar refractivity (Wildman–Crippen MR) is 79.6 cm³/mol. The molecular formula is C16H27NO2. The van der Waals surface area contributed by atoms with Gasteiger partial charge in [-0.2, -0.15) is 0 Å². The average molecular weight is 265 g/mol. The zero-order chi connectivity index (χ0) is 13.9. The number of nitrogens with one attached hydrogen (secondary N) is 1. The molecule has 1 rings (SSSR count). The minimum absolute atomic E-state index is 0.573. The second-order valence-electron chi connectivity index (χ2n) is 4.93. The summed E-state index contributed by atoms with van der Waals surface area (Å²) in [6.07, 6.45) is 3.41. The molecule has 1 aromatic rings. The molecule has 0 heterocycles. The number of hydrogen-bond acceptors (Lipinski definition) is 3. The average Bonchev–Trinajstić information content (AvgIpc) is 2.42. The first-order valence-corrected chi connectivity index (χ1v) is 7.20. The van der Waals surface area contributed by atoms with Gasteiger partial charge in [-0.25, -0.2) is 0 Å². The molecule has 0 aliphatic carbocycles. The smallest absolute Gasteiger partial charge is 0.119 e. The van der Waals surface area contributed by atoms with E-state index in [-0.39, 0.29) is 0 Å². The summed E-state index contributed by atoms with van der Waals surface area (Å²) in [7, 11) is 1.71. The minimum Gasteiger partial charge on any atom is -0.494 e. The minimum atomic E-state index is 0.573. The van der Waals surface area contributed by atoms with Crippen LogP contribution in [-0.2, 0) is 11.3 Å². The second kappa shape index (κ2) is 9.82. The van der Waals surface area contributed by atoms with Crippen molar-refractivity contribution in [1.29, 1.82) is 0 Å². The van der Waals surface area contributed by atoms with Crippen molar-refractivity contribution in [3.63, 3.8) is 0 Å². The lowest BCUT2D eigenvalue weighted by Crippen LogP contribution is -2.26. The third-order valence-corrected chi connectivity index (χ3v) is 3.00. The van der Waals surface area contributed by atoms with Gasteiger partial charge in [0.15, 0.2) is 0 Å². The Morgan fingerprint density at radius 1 is 1.32 bits per heavy atom. The van der Waals surface area contributed by atoms with Crippen LogP contribution in [0.15, 0.2) is 24.3 Å². The van der Waals surface area contributed by atoms with Crippen LogP contribution < -0.4 is 10.1 Å². The highest BCUT2D eigenvalue weighted by Crippen LogP contribution is 2.14.